The third kappa shape index (κ3) is 2.66. The monoisotopic (exact) mass is 268 g/mol. The molecule has 106 valence electrons. The Balaban J connectivity index is 1.94. The summed E-state index contributed by atoms with van der Waals surface area (Å²) in [6.07, 6.45) is 10.8. The summed E-state index contributed by atoms with van der Waals surface area (Å²) in [5.74, 6) is 0. The maximum absolute atomic E-state index is 3.26. The lowest BCUT2D eigenvalue weighted by atomic mass is 9.98. The van der Waals surface area contributed by atoms with Gasteiger partial charge in [-0.1, -0.05) is 30.4 Å². The molecule has 1 heterocycles. The zero-order valence-corrected chi connectivity index (χ0v) is 12.4. The highest BCUT2D eigenvalue weighted by atomic mass is 15.1. The normalized spacial score (nSPS) is 17.8. The van der Waals surface area contributed by atoms with Gasteiger partial charge in [0, 0.05) is 17.9 Å². The van der Waals surface area contributed by atoms with Crippen LogP contribution in [0.3, 0.4) is 0 Å². The largest absolute Gasteiger partial charge is 0.341 e. The number of rotatable bonds is 4. The summed E-state index contributed by atoms with van der Waals surface area (Å²) in [5, 5.41) is 3.26. The van der Waals surface area contributed by atoms with Gasteiger partial charge in [-0.05, 0) is 62.9 Å². The van der Waals surface area contributed by atoms with Crippen molar-refractivity contribution in [3.63, 3.8) is 0 Å². The van der Waals surface area contributed by atoms with Crippen LogP contribution in [-0.4, -0.2) is 20.1 Å². The Labute approximate surface area is 122 Å². The van der Waals surface area contributed by atoms with E-state index in [0.717, 1.165) is 13.1 Å². The number of fused-ring (bicyclic) bond motifs is 2. The number of hydrogen-bond acceptors (Lipinski definition) is 2. The van der Waals surface area contributed by atoms with Crippen LogP contribution in [0.2, 0.25) is 0 Å². The van der Waals surface area contributed by atoms with Crippen molar-refractivity contribution < 1.29 is 0 Å². The van der Waals surface area contributed by atoms with E-state index in [9.17, 15) is 0 Å². The van der Waals surface area contributed by atoms with Gasteiger partial charge < -0.3 is 10.2 Å². The molecule has 0 amide bonds. The van der Waals surface area contributed by atoms with E-state index in [2.05, 4.69) is 46.6 Å². The second-order valence-corrected chi connectivity index (χ2v) is 5.63. The first-order valence-corrected chi connectivity index (χ1v) is 7.80. The van der Waals surface area contributed by atoms with Gasteiger partial charge in [0.1, 0.15) is 0 Å². The highest BCUT2D eigenvalue weighted by Gasteiger charge is 2.23. The zero-order valence-electron chi connectivity index (χ0n) is 12.4. The van der Waals surface area contributed by atoms with Crippen LogP contribution in [0.4, 0.5) is 5.69 Å². The third-order valence-corrected chi connectivity index (χ3v) is 4.27. The predicted octanol–water partition coefficient (Wildman–Crippen LogP) is 3.65. The van der Waals surface area contributed by atoms with Crippen LogP contribution >= 0.6 is 0 Å². The van der Waals surface area contributed by atoms with Gasteiger partial charge in [-0.3, -0.25) is 0 Å². The Hall–Kier alpha value is -1.54. The first-order valence-electron chi connectivity index (χ1n) is 7.80. The second kappa shape index (κ2) is 6.27. The van der Waals surface area contributed by atoms with E-state index in [1.807, 2.05) is 7.05 Å². The summed E-state index contributed by atoms with van der Waals surface area (Å²) in [7, 11) is 2.03. The van der Waals surface area contributed by atoms with Crippen LogP contribution in [0, 0.1) is 0 Å². The molecule has 20 heavy (non-hydrogen) atoms. The van der Waals surface area contributed by atoms with Crippen molar-refractivity contribution in [3.8, 4) is 0 Å². The van der Waals surface area contributed by atoms with Gasteiger partial charge >= 0.3 is 0 Å². The van der Waals surface area contributed by atoms with E-state index in [1.54, 1.807) is 5.57 Å². The SMILES string of the molecule is CNCCCN1C2=CCCC=C2CCc2ccccc21. The third-order valence-electron chi connectivity index (χ3n) is 4.27. The van der Waals surface area contributed by atoms with E-state index in [1.165, 1.54) is 49.1 Å². The minimum atomic E-state index is 1.07. The average molecular weight is 268 g/mol. The zero-order chi connectivity index (χ0) is 13.8. The maximum atomic E-state index is 3.26. The van der Waals surface area contributed by atoms with Crippen molar-refractivity contribution in [3.05, 3.63) is 53.3 Å². The van der Waals surface area contributed by atoms with Crippen molar-refractivity contribution in [2.75, 3.05) is 25.0 Å². The molecule has 0 atom stereocenters. The summed E-state index contributed by atoms with van der Waals surface area (Å²) < 4.78 is 0. The molecular formula is C18H24N2. The molecule has 3 rings (SSSR count). The van der Waals surface area contributed by atoms with E-state index in [4.69, 9.17) is 0 Å². The molecule has 1 N–H and O–H groups in total. The Morgan fingerprint density at radius 2 is 1.95 bits per heavy atom. The quantitative estimate of drug-likeness (QED) is 0.839. The average Bonchev–Trinajstić information content (AvgIpc) is 2.66. The molecule has 1 aromatic rings. The van der Waals surface area contributed by atoms with Gasteiger partial charge in [0.05, 0.1) is 0 Å². The maximum Gasteiger partial charge on any atom is 0.0443 e. The smallest absolute Gasteiger partial charge is 0.0443 e. The lowest BCUT2D eigenvalue weighted by molar-refractivity contribution is 0.711. The molecule has 0 unspecified atom stereocenters. The standard InChI is InChI=1S/C18H24N2/c1-19-13-6-14-20-17-9-4-2-7-15(17)11-12-16-8-3-5-10-18(16)20/h2,4,7-10,19H,3,5-6,11-14H2,1H3. The molecule has 0 radical (unpaired) electrons. The molecule has 1 aromatic carbocycles. The summed E-state index contributed by atoms with van der Waals surface area (Å²) in [6, 6.07) is 8.91. The number of nitrogens with zero attached hydrogens (tertiary/aromatic N) is 1. The molecule has 1 aliphatic carbocycles. The number of para-hydroxylation sites is 1. The molecular weight excluding hydrogens is 244 g/mol. The van der Waals surface area contributed by atoms with Crippen LogP contribution in [0.1, 0.15) is 31.2 Å². The van der Waals surface area contributed by atoms with E-state index in [0.29, 0.717) is 0 Å². The molecule has 0 spiro atoms. The molecule has 0 fully saturated rings. The molecule has 0 saturated heterocycles. The van der Waals surface area contributed by atoms with Crippen molar-refractivity contribution in [2.45, 2.75) is 32.1 Å². The number of benzene rings is 1. The van der Waals surface area contributed by atoms with Gasteiger partial charge in [0.2, 0.25) is 0 Å². The lowest BCUT2D eigenvalue weighted by Gasteiger charge is -2.30. The number of aryl methyl sites for hydroxylation is 1. The molecule has 2 aliphatic rings. The predicted molar refractivity (Wildman–Crippen MR) is 86.1 cm³/mol. The van der Waals surface area contributed by atoms with Gasteiger partial charge in [0.25, 0.3) is 0 Å². The molecule has 0 aromatic heterocycles. The van der Waals surface area contributed by atoms with E-state index >= 15 is 0 Å². The van der Waals surface area contributed by atoms with Crippen LogP contribution in [0.15, 0.2) is 47.7 Å². The van der Waals surface area contributed by atoms with Gasteiger partial charge in [-0.15, -0.1) is 0 Å². The Kier molecular flexibility index (Phi) is 4.22. The van der Waals surface area contributed by atoms with Crippen LogP contribution in [0.25, 0.3) is 0 Å². The van der Waals surface area contributed by atoms with Crippen LogP contribution in [0.5, 0.6) is 0 Å². The van der Waals surface area contributed by atoms with E-state index in [-0.39, 0.29) is 0 Å². The molecule has 2 nitrogen and oxygen atoms in total. The number of hydrogen-bond donors (Lipinski definition) is 1. The first kappa shape index (κ1) is 13.4. The lowest BCUT2D eigenvalue weighted by Crippen LogP contribution is -2.27. The minimum Gasteiger partial charge on any atom is -0.341 e. The van der Waals surface area contributed by atoms with E-state index < -0.39 is 0 Å². The van der Waals surface area contributed by atoms with Gasteiger partial charge in [-0.25, -0.2) is 0 Å². The fourth-order valence-electron chi connectivity index (χ4n) is 3.27. The van der Waals surface area contributed by atoms with Gasteiger partial charge in [0.15, 0.2) is 0 Å². The molecule has 1 aliphatic heterocycles. The summed E-state index contributed by atoms with van der Waals surface area (Å²) in [6.45, 7) is 2.17. The van der Waals surface area contributed by atoms with Crippen LogP contribution < -0.4 is 10.2 Å². The minimum absolute atomic E-state index is 1.07. The fourth-order valence-corrected chi connectivity index (χ4v) is 3.27. The Bertz CT molecular complexity index is 528. The van der Waals surface area contributed by atoms with Crippen molar-refractivity contribution >= 4 is 5.69 Å². The topological polar surface area (TPSA) is 15.3 Å². The highest BCUT2D eigenvalue weighted by Crippen LogP contribution is 2.36. The van der Waals surface area contributed by atoms with Crippen molar-refractivity contribution in [1.29, 1.82) is 0 Å². The molecule has 0 saturated carbocycles. The number of anilines is 1. The molecule has 0 bridgehead atoms. The van der Waals surface area contributed by atoms with Crippen LogP contribution in [-0.2, 0) is 6.42 Å². The van der Waals surface area contributed by atoms with Crippen molar-refractivity contribution in [2.24, 2.45) is 0 Å². The van der Waals surface area contributed by atoms with Crippen molar-refractivity contribution in [1.82, 2.24) is 5.32 Å². The Morgan fingerprint density at radius 1 is 1.10 bits per heavy atom. The summed E-state index contributed by atoms with van der Waals surface area (Å²) >= 11 is 0. The number of nitrogens with one attached hydrogen (secondary N) is 1. The number of allylic oxidation sites excluding steroid dienone is 3. The highest BCUT2D eigenvalue weighted by molar-refractivity contribution is 5.64. The second-order valence-electron chi connectivity index (χ2n) is 5.63. The molecule has 2 heteroatoms. The summed E-state index contributed by atoms with van der Waals surface area (Å²) in [5.41, 5.74) is 5.93. The summed E-state index contributed by atoms with van der Waals surface area (Å²) in [4.78, 5) is 2.55. The first-order chi connectivity index (χ1) is 9.90. The fraction of sp³-hybridized carbons (Fsp3) is 0.444. The van der Waals surface area contributed by atoms with Gasteiger partial charge in [-0.2, -0.15) is 0 Å². The Morgan fingerprint density at radius 3 is 2.85 bits per heavy atom.